The van der Waals surface area contributed by atoms with Crippen LogP contribution in [0.15, 0.2) is 15.8 Å². The molecule has 1 aromatic rings. The quantitative estimate of drug-likeness (QED) is 0.314. The SMILES string of the molecule is Nc1nc(/C(=N/O)C(=O)O)co1. The van der Waals surface area contributed by atoms with Crippen LogP contribution in [0.3, 0.4) is 0 Å². The number of carbonyl (C=O) groups is 1. The fourth-order valence-corrected chi connectivity index (χ4v) is 0.600. The second-order valence-corrected chi connectivity index (χ2v) is 1.82. The first-order valence-corrected chi connectivity index (χ1v) is 2.82. The van der Waals surface area contributed by atoms with Crippen molar-refractivity contribution in [3.05, 3.63) is 12.0 Å². The molecule has 0 saturated heterocycles. The van der Waals surface area contributed by atoms with Gasteiger partial charge in [-0.1, -0.05) is 5.16 Å². The summed E-state index contributed by atoms with van der Waals surface area (Å²) in [4.78, 5) is 13.8. The van der Waals surface area contributed by atoms with Crippen LogP contribution in [0.25, 0.3) is 0 Å². The summed E-state index contributed by atoms with van der Waals surface area (Å²) in [5.41, 5.74) is 4.33. The predicted octanol–water partition coefficient (Wildman–Crippen LogP) is -0.480. The fourth-order valence-electron chi connectivity index (χ4n) is 0.600. The molecule has 7 nitrogen and oxygen atoms in total. The molecule has 0 aliphatic heterocycles. The highest BCUT2D eigenvalue weighted by Gasteiger charge is 2.16. The minimum Gasteiger partial charge on any atom is -0.476 e. The number of nitrogen functional groups attached to an aromatic ring is 1. The zero-order chi connectivity index (χ0) is 9.14. The van der Waals surface area contributed by atoms with Crippen molar-refractivity contribution in [1.82, 2.24) is 4.98 Å². The van der Waals surface area contributed by atoms with E-state index in [2.05, 4.69) is 14.6 Å². The van der Waals surface area contributed by atoms with Crippen LogP contribution in [0.2, 0.25) is 0 Å². The average Bonchev–Trinajstić information content (AvgIpc) is 2.37. The Bertz CT molecular complexity index is 329. The van der Waals surface area contributed by atoms with Gasteiger partial charge in [0.25, 0.3) is 6.01 Å². The molecule has 0 aliphatic carbocycles. The van der Waals surface area contributed by atoms with Crippen molar-refractivity contribution in [3.63, 3.8) is 0 Å². The molecule has 0 bridgehead atoms. The fraction of sp³-hybridized carbons (Fsp3) is 0. The van der Waals surface area contributed by atoms with Crippen molar-refractivity contribution in [2.24, 2.45) is 5.16 Å². The Kier molecular flexibility index (Phi) is 1.95. The van der Waals surface area contributed by atoms with Gasteiger partial charge in [0.15, 0.2) is 0 Å². The molecule has 0 amide bonds. The summed E-state index contributed by atoms with van der Waals surface area (Å²) in [5, 5.41) is 19.2. The lowest BCUT2D eigenvalue weighted by Gasteiger charge is -1.89. The number of oxazole rings is 1. The minimum atomic E-state index is -1.41. The van der Waals surface area contributed by atoms with Crippen molar-refractivity contribution < 1.29 is 19.5 Å². The van der Waals surface area contributed by atoms with Crippen molar-refractivity contribution in [3.8, 4) is 0 Å². The summed E-state index contributed by atoms with van der Waals surface area (Å²) in [7, 11) is 0. The lowest BCUT2D eigenvalue weighted by Crippen LogP contribution is -2.14. The summed E-state index contributed by atoms with van der Waals surface area (Å²) >= 11 is 0. The lowest BCUT2D eigenvalue weighted by molar-refractivity contribution is -0.129. The standard InChI is InChI=1S/C5H5N3O4/c6-5-7-2(1-12-5)3(8-11)4(9)10/h1,11H,(H2,6,7)(H,9,10)/b8-3-. The monoisotopic (exact) mass is 171 g/mol. The van der Waals surface area contributed by atoms with Crippen LogP contribution in [0.5, 0.6) is 0 Å². The summed E-state index contributed by atoms with van der Waals surface area (Å²) < 4.78 is 4.51. The van der Waals surface area contributed by atoms with Gasteiger partial charge in [0.05, 0.1) is 0 Å². The third-order valence-corrected chi connectivity index (χ3v) is 1.07. The molecular formula is C5H5N3O4. The highest BCUT2D eigenvalue weighted by molar-refractivity contribution is 6.41. The summed E-state index contributed by atoms with van der Waals surface area (Å²) in [6.07, 6.45) is 0.985. The molecule has 1 heterocycles. The maximum atomic E-state index is 10.3. The van der Waals surface area contributed by atoms with Crippen LogP contribution in [-0.4, -0.2) is 27.0 Å². The number of hydrogen-bond donors (Lipinski definition) is 3. The summed E-state index contributed by atoms with van der Waals surface area (Å²) in [6.45, 7) is 0. The van der Waals surface area contributed by atoms with Gasteiger partial charge in [0.1, 0.15) is 12.0 Å². The molecule has 0 saturated carbocycles. The van der Waals surface area contributed by atoms with Crippen LogP contribution >= 0.6 is 0 Å². The van der Waals surface area contributed by atoms with Gasteiger partial charge in [0.2, 0.25) is 5.71 Å². The highest BCUT2D eigenvalue weighted by Crippen LogP contribution is 2.04. The van der Waals surface area contributed by atoms with E-state index in [-0.39, 0.29) is 11.7 Å². The number of carboxylic acids is 1. The van der Waals surface area contributed by atoms with E-state index in [1.807, 2.05) is 0 Å². The maximum absolute atomic E-state index is 10.3. The summed E-state index contributed by atoms with van der Waals surface area (Å²) in [6, 6.07) is -0.188. The Labute approximate surface area is 66.1 Å². The van der Waals surface area contributed by atoms with E-state index in [4.69, 9.17) is 16.0 Å². The van der Waals surface area contributed by atoms with E-state index in [1.54, 1.807) is 0 Å². The Balaban J connectivity index is 3.04. The van der Waals surface area contributed by atoms with E-state index in [0.29, 0.717) is 0 Å². The van der Waals surface area contributed by atoms with Crippen LogP contribution in [0.4, 0.5) is 6.01 Å². The molecule has 64 valence electrons. The van der Waals surface area contributed by atoms with E-state index >= 15 is 0 Å². The first-order valence-electron chi connectivity index (χ1n) is 2.82. The largest absolute Gasteiger partial charge is 0.476 e. The van der Waals surface area contributed by atoms with E-state index < -0.39 is 11.7 Å². The van der Waals surface area contributed by atoms with Gasteiger partial charge in [-0.05, 0) is 0 Å². The second kappa shape index (κ2) is 2.91. The van der Waals surface area contributed by atoms with Crippen molar-refractivity contribution in [1.29, 1.82) is 0 Å². The Morgan fingerprint density at radius 1 is 1.75 bits per heavy atom. The van der Waals surface area contributed by atoms with Crippen LogP contribution in [0.1, 0.15) is 5.69 Å². The molecule has 0 aromatic carbocycles. The van der Waals surface area contributed by atoms with Crippen molar-refractivity contribution >= 4 is 17.7 Å². The minimum absolute atomic E-state index is 0.123. The number of anilines is 1. The summed E-state index contributed by atoms with van der Waals surface area (Å²) in [5.74, 6) is -1.41. The molecule has 4 N–H and O–H groups in total. The lowest BCUT2D eigenvalue weighted by atomic mass is 10.3. The second-order valence-electron chi connectivity index (χ2n) is 1.82. The maximum Gasteiger partial charge on any atom is 0.360 e. The number of oxime groups is 1. The number of nitrogens with zero attached hydrogens (tertiary/aromatic N) is 2. The third kappa shape index (κ3) is 1.34. The molecule has 0 radical (unpaired) electrons. The van der Waals surface area contributed by atoms with E-state index in [1.165, 1.54) is 0 Å². The van der Waals surface area contributed by atoms with Gasteiger partial charge in [-0.2, -0.15) is 4.98 Å². The molecule has 0 fully saturated rings. The van der Waals surface area contributed by atoms with Gasteiger partial charge in [0, 0.05) is 0 Å². The molecule has 1 aromatic heterocycles. The van der Waals surface area contributed by atoms with Gasteiger partial charge in [-0.3, -0.25) is 0 Å². The van der Waals surface area contributed by atoms with Gasteiger partial charge < -0.3 is 20.5 Å². The highest BCUT2D eigenvalue weighted by atomic mass is 16.4. The van der Waals surface area contributed by atoms with Crippen molar-refractivity contribution in [2.75, 3.05) is 5.73 Å². The number of hydrogen-bond acceptors (Lipinski definition) is 6. The van der Waals surface area contributed by atoms with Gasteiger partial charge in [-0.15, -0.1) is 0 Å². The first-order chi connectivity index (χ1) is 5.65. The zero-order valence-electron chi connectivity index (χ0n) is 5.76. The van der Waals surface area contributed by atoms with E-state index in [0.717, 1.165) is 6.26 Å². The molecule has 0 atom stereocenters. The van der Waals surface area contributed by atoms with Gasteiger partial charge in [-0.25, -0.2) is 4.79 Å². The molecular weight excluding hydrogens is 166 g/mol. The van der Waals surface area contributed by atoms with Crippen LogP contribution < -0.4 is 5.73 Å². The average molecular weight is 171 g/mol. The molecule has 12 heavy (non-hydrogen) atoms. The number of carboxylic acid groups (broad SMARTS) is 1. The molecule has 0 aliphatic rings. The Morgan fingerprint density at radius 2 is 2.42 bits per heavy atom. The number of rotatable bonds is 2. The van der Waals surface area contributed by atoms with E-state index in [9.17, 15) is 4.79 Å². The predicted molar refractivity (Wildman–Crippen MR) is 36.9 cm³/mol. The Hall–Kier alpha value is -2.05. The van der Waals surface area contributed by atoms with Crippen molar-refractivity contribution in [2.45, 2.75) is 0 Å². The zero-order valence-corrected chi connectivity index (χ0v) is 5.76. The normalized spacial score (nSPS) is 11.5. The molecule has 0 unspecified atom stereocenters. The number of aromatic nitrogens is 1. The number of aliphatic carboxylic acids is 1. The first kappa shape index (κ1) is 8.05. The Morgan fingerprint density at radius 3 is 2.75 bits per heavy atom. The third-order valence-electron chi connectivity index (χ3n) is 1.07. The molecule has 0 spiro atoms. The number of nitrogens with two attached hydrogens (primary N) is 1. The van der Waals surface area contributed by atoms with Gasteiger partial charge >= 0.3 is 5.97 Å². The molecule has 1 rings (SSSR count). The smallest absolute Gasteiger partial charge is 0.360 e. The topological polar surface area (TPSA) is 122 Å². The van der Waals surface area contributed by atoms with Crippen LogP contribution in [0, 0.1) is 0 Å². The van der Waals surface area contributed by atoms with Crippen LogP contribution in [-0.2, 0) is 4.79 Å². The molecule has 7 heteroatoms.